The second-order valence-electron chi connectivity index (χ2n) is 3.60. The molecule has 1 heterocycles. The van der Waals surface area contributed by atoms with Crippen LogP contribution in [0.3, 0.4) is 0 Å². The Hall–Kier alpha value is -2.39. The van der Waals surface area contributed by atoms with E-state index in [9.17, 15) is 9.59 Å². The Morgan fingerprint density at radius 2 is 2.06 bits per heavy atom. The molecule has 5 nitrogen and oxygen atoms in total. The largest absolute Gasteiger partial charge is 0.332 e. The summed E-state index contributed by atoms with van der Waals surface area (Å²) in [5.74, 6) is 0. The van der Waals surface area contributed by atoms with Crippen LogP contribution in [0.1, 0.15) is 5.56 Å². The zero-order valence-corrected chi connectivity index (χ0v) is 9.33. The first-order valence-corrected chi connectivity index (χ1v) is 5.10. The smallest absolute Gasteiger partial charge is 0.302 e. The third-order valence-corrected chi connectivity index (χ3v) is 2.51. The Morgan fingerprint density at radius 1 is 1.29 bits per heavy atom. The van der Waals surface area contributed by atoms with E-state index in [1.807, 2.05) is 24.3 Å². The lowest BCUT2D eigenvalue weighted by Crippen LogP contribution is -2.21. The molecular formula is C12H11N3O2. The average Bonchev–Trinajstić information content (AvgIpc) is 2.68. The van der Waals surface area contributed by atoms with Crippen molar-refractivity contribution in [3.05, 3.63) is 52.7 Å². The maximum Gasteiger partial charge on any atom is 0.332 e. The Balaban J connectivity index is 2.55. The van der Waals surface area contributed by atoms with E-state index >= 15 is 0 Å². The van der Waals surface area contributed by atoms with Gasteiger partial charge in [-0.1, -0.05) is 18.2 Å². The molecule has 0 aliphatic carbocycles. The second-order valence-corrected chi connectivity index (χ2v) is 3.60. The van der Waals surface area contributed by atoms with Gasteiger partial charge < -0.3 is 4.57 Å². The fourth-order valence-corrected chi connectivity index (χ4v) is 1.64. The number of nitrogens with zero attached hydrogens (tertiary/aromatic N) is 3. The van der Waals surface area contributed by atoms with Crippen molar-refractivity contribution < 1.29 is 4.79 Å². The number of carbonyl (C=O) groups excluding carboxylic acids is 1. The monoisotopic (exact) mass is 229 g/mol. The molecule has 5 heteroatoms. The molecule has 0 saturated heterocycles. The third kappa shape index (κ3) is 2.09. The summed E-state index contributed by atoms with van der Waals surface area (Å²) in [5, 5.41) is 0. The summed E-state index contributed by atoms with van der Waals surface area (Å²) in [7, 11) is 1.69. The zero-order chi connectivity index (χ0) is 12.3. The van der Waals surface area contributed by atoms with Gasteiger partial charge in [-0.3, -0.25) is 4.57 Å². The van der Waals surface area contributed by atoms with E-state index < -0.39 is 0 Å². The van der Waals surface area contributed by atoms with Crippen LogP contribution in [0.4, 0.5) is 0 Å². The summed E-state index contributed by atoms with van der Waals surface area (Å²) in [6.45, 7) is 0.223. The minimum atomic E-state index is -0.132. The molecule has 0 radical (unpaired) electrons. The number of hydrogen-bond acceptors (Lipinski definition) is 3. The molecule has 0 atom stereocenters. The van der Waals surface area contributed by atoms with Gasteiger partial charge in [0, 0.05) is 19.4 Å². The minimum Gasteiger partial charge on any atom is -0.302 e. The number of isocyanates is 1. The van der Waals surface area contributed by atoms with Crippen molar-refractivity contribution in [1.82, 2.24) is 9.13 Å². The number of aromatic nitrogens is 2. The van der Waals surface area contributed by atoms with Crippen LogP contribution in [0, 0.1) is 0 Å². The number of imidazole rings is 1. The summed E-state index contributed by atoms with van der Waals surface area (Å²) in [5.41, 5.74) is 1.41. The second kappa shape index (κ2) is 4.63. The number of aliphatic imine (C=N–C) groups is 1. The lowest BCUT2D eigenvalue weighted by molar-refractivity contribution is 0.562. The van der Waals surface area contributed by atoms with Gasteiger partial charge in [0.2, 0.25) is 6.08 Å². The topological polar surface area (TPSA) is 56.4 Å². The van der Waals surface area contributed by atoms with E-state index in [-0.39, 0.29) is 12.2 Å². The molecule has 0 fully saturated rings. The minimum absolute atomic E-state index is 0.132. The lowest BCUT2D eigenvalue weighted by atomic mass is 10.2. The molecule has 0 N–H and O–H groups in total. The number of rotatable bonds is 3. The van der Waals surface area contributed by atoms with Crippen LogP contribution in [0.15, 0.2) is 46.4 Å². The predicted octanol–water partition coefficient (Wildman–Crippen LogP) is 1.01. The SMILES string of the molecule is Cn1ccn(-c2ccccc2CN=C=O)c1=O. The Labute approximate surface area is 97.7 Å². The van der Waals surface area contributed by atoms with Crippen LogP contribution in [-0.4, -0.2) is 15.2 Å². The number of hydrogen-bond donors (Lipinski definition) is 0. The van der Waals surface area contributed by atoms with E-state index in [0.717, 1.165) is 11.3 Å². The molecule has 0 aliphatic heterocycles. The van der Waals surface area contributed by atoms with Crippen LogP contribution >= 0.6 is 0 Å². The van der Waals surface area contributed by atoms with Crippen molar-refractivity contribution in [3.63, 3.8) is 0 Å². The molecule has 1 aromatic carbocycles. The number of aryl methyl sites for hydroxylation is 1. The fourth-order valence-electron chi connectivity index (χ4n) is 1.64. The van der Waals surface area contributed by atoms with Crippen molar-refractivity contribution in [3.8, 4) is 5.69 Å². The quantitative estimate of drug-likeness (QED) is 0.582. The van der Waals surface area contributed by atoms with Crippen LogP contribution in [-0.2, 0) is 18.4 Å². The molecule has 0 aliphatic rings. The van der Waals surface area contributed by atoms with Gasteiger partial charge in [-0.15, -0.1) is 0 Å². The maximum atomic E-state index is 11.8. The van der Waals surface area contributed by atoms with Crippen molar-refractivity contribution in [1.29, 1.82) is 0 Å². The maximum absolute atomic E-state index is 11.8. The Kier molecular flexibility index (Phi) is 3.03. The van der Waals surface area contributed by atoms with Gasteiger partial charge in [0.05, 0.1) is 12.2 Å². The Bertz CT molecular complexity index is 633. The van der Waals surface area contributed by atoms with Crippen molar-refractivity contribution in [2.24, 2.45) is 12.0 Å². The summed E-state index contributed by atoms with van der Waals surface area (Å²) in [6, 6.07) is 7.32. The number of benzene rings is 1. The molecule has 17 heavy (non-hydrogen) atoms. The average molecular weight is 229 g/mol. The molecule has 0 saturated carbocycles. The highest BCUT2D eigenvalue weighted by molar-refractivity contribution is 5.42. The van der Waals surface area contributed by atoms with E-state index in [1.165, 1.54) is 15.2 Å². The molecule has 0 amide bonds. The number of para-hydroxylation sites is 1. The summed E-state index contributed by atoms with van der Waals surface area (Å²) >= 11 is 0. The summed E-state index contributed by atoms with van der Waals surface area (Å²) < 4.78 is 3.01. The lowest BCUT2D eigenvalue weighted by Gasteiger charge is -2.06. The molecule has 1 aromatic heterocycles. The van der Waals surface area contributed by atoms with Crippen molar-refractivity contribution >= 4 is 6.08 Å². The van der Waals surface area contributed by atoms with Gasteiger partial charge in [0.15, 0.2) is 0 Å². The van der Waals surface area contributed by atoms with Crippen LogP contribution in [0.2, 0.25) is 0 Å². The van der Waals surface area contributed by atoms with E-state index in [4.69, 9.17) is 0 Å². The first-order valence-electron chi connectivity index (χ1n) is 5.10. The van der Waals surface area contributed by atoms with E-state index in [2.05, 4.69) is 4.99 Å². The standard InChI is InChI=1S/C12H11N3O2/c1-14-6-7-15(12(14)17)11-5-3-2-4-10(11)8-13-9-16/h2-7H,8H2,1H3. The van der Waals surface area contributed by atoms with Gasteiger partial charge in [-0.05, 0) is 11.6 Å². The molecule has 2 aromatic rings. The van der Waals surface area contributed by atoms with Gasteiger partial charge >= 0.3 is 5.69 Å². The zero-order valence-electron chi connectivity index (χ0n) is 9.33. The van der Waals surface area contributed by atoms with E-state index in [0.29, 0.717) is 0 Å². The van der Waals surface area contributed by atoms with Crippen LogP contribution in [0.5, 0.6) is 0 Å². The highest BCUT2D eigenvalue weighted by atomic mass is 16.1. The summed E-state index contributed by atoms with van der Waals surface area (Å²) in [6.07, 6.45) is 4.87. The van der Waals surface area contributed by atoms with Gasteiger partial charge in [0.25, 0.3) is 0 Å². The van der Waals surface area contributed by atoms with Gasteiger partial charge in [-0.25, -0.2) is 14.6 Å². The van der Waals surface area contributed by atoms with E-state index in [1.54, 1.807) is 19.4 Å². The molecule has 86 valence electrons. The predicted molar refractivity (Wildman–Crippen MR) is 62.8 cm³/mol. The normalized spacial score (nSPS) is 9.94. The van der Waals surface area contributed by atoms with Gasteiger partial charge in [-0.2, -0.15) is 0 Å². The molecule has 0 unspecified atom stereocenters. The fraction of sp³-hybridized carbons (Fsp3) is 0.167. The molecule has 0 bridgehead atoms. The van der Waals surface area contributed by atoms with Crippen molar-refractivity contribution in [2.75, 3.05) is 0 Å². The van der Waals surface area contributed by atoms with Gasteiger partial charge in [0.1, 0.15) is 0 Å². The van der Waals surface area contributed by atoms with Crippen molar-refractivity contribution in [2.45, 2.75) is 6.54 Å². The summed E-state index contributed by atoms with van der Waals surface area (Å²) in [4.78, 5) is 25.5. The first kappa shape index (κ1) is 11.1. The first-order chi connectivity index (χ1) is 8.24. The highest BCUT2D eigenvalue weighted by Crippen LogP contribution is 2.13. The molecule has 2 rings (SSSR count). The molecule has 0 spiro atoms. The highest BCUT2D eigenvalue weighted by Gasteiger charge is 2.06. The van der Waals surface area contributed by atoms with Crippen LogP contribution in [0.25, 0.3) is 5.69 Å². The molecular weight excluding hydrogens is 218 g/mol. The van der Waals surface area contributed by atoms with Crippen LogP contribution < -0.4 is 5.69 Å². The third-order valence-electron chi connectivity index (χ3n) is 2.51. The Morgan fingerprint density at radius 3 is 2.71 bits per heavy atom.